The van der Waals surface area contributed by atoms with Gasteiger partial charge in [-0.05, 0) is 42.8 Å². The van der Waals surface area contributed by atoms with Crippen molar-refractivity contribution in [2.45, 2.75) is 32.6 Å². The number of nitrogens with zero attached hydrogens (tertiary/aromatic N) is 6. The molecule has 2 aromatic carbocycles. The summed E-state index contributed by atoms with van der Waals surface area (Å²) in [5.41, 5.74) is 2.03. The molecule has 5 rings (SSSR count). The van der Waals surface area contributed by atoms with Gasteiger partial charge in [-0.2, -0.15) is 28.2 Å². The number of fused-ring (bicyclic) bond motifs is 1. The molecule has 0 fully saturated rings. The van der Waals surface area contributed by atoms with Crippen LogP contribution in [0, 0.1) is 0 Å². The van der Waals surface area contributed by atoms with Crippen molar-refractivity contribution in [1.29, 1.82) is 0 Å². The molecule has 0 bridgehead atoms. The normalized spacial score (nSPS) is 12.0. The predicted molar refractivity (Wildman–Crippen MR) is 139 cm³/mol. The molecule has 0 saturated carbocycles. The van der Waals surface area contributed by atoms with Gasteiger partial charge in [0.25, 0.3) is 0 Å². The van der Waals surface area contributed by atoms with E-state index in [9.17, 15) is 26.3 Å². The highest BCUT2D eigenvalue weighted by Gasteiger charge is 2.35. The summed E-state index contributed by atoms with van der Waals surface area (Å²) in [5.74, 6) is 0.474. The highest BCUT2D eigenvalue weighted by Crippen LogP contribution is 2.32. The van der Waals surface area contributed by atoms with E-state index in [1.807, 2.05) is 11.5 Å². The summed E-state index contributed by atoms with van der Waals surface area (Å²) in [6.45, 7) is 2.92. The van der Waals surface area contributed by atoms with Crippen molar-refractivity contribution < 1.29 is 35.8 Å². The molecule has 3 heterocycles. The fourth-order valence-corrected chi connectivity index (χ4v) is 4.10. The first-order valence-electron chi connectivity index (χ1n) is 12.3. The van der Waals surface area contributed by atoms with Gasteiger partial charge in [-0.25, -0.2) is 4.98 Å². The first-order chi connectivity index (χ1) is 19.9. The Morgan fingerprint density at radius 2 is 1.62 bits per heavy atom. The number of aryl methyl sites for hydroxylation is 2. The zero-order valence-corrected chi connectivity index (χ0v) is 22.0. The van der Waals surface area contributed by atoms with Crippen molar-refractivity contribution in [2.75, 3.05) is 10.6 Å². The van der Waals surface area contributed by atoms with Crippen molar-refractivity contribution in [3.8, 4) is 17.5 Å². The average Bonchev–Trinajstić information content (AvgIpc) is 3.47. The zero-order chi connectivity index (χ0) is 30.1. The lowest BCUT2D eigenvalue weighted by Gasteiger charge is -2.10. The molecule has 0 aliphatic carbocycles. The summed E-state index contributed by atoms with van der Waals surface area (Å²) in [6.07, 6.45) is -7.65. The molecule has 0 amide bonds. The third-order valence-corrected chi connectivity index (χ3v) is 5.93. The molecule has 3 aromatic heterocycles. The number of hydrogen-bond acceptors (Lipinski definition) is 8. The molecular weight excluding hydrogens is 570 g/mol. The first-order valence-corrected chi connectivity index (χ1v) is 12.3. The van der Waals surface area contributed by atoms with Gasteiger partial charge in [-0.15, -0.1) is 13.2 Å². The van der Waals surface area contributed by atoms with E-state index in [4.69, 9.17) is 4.74 Å². The van der Waals surface area contributed by atoms with Crippen LogP contribution in [0.15, 0.2) is 60.9 Å². The molecule has 10 nitrogen and oxygen atoms in total. The standard InChI is InChI=1S/C26H22F6N8O2/c1-3-40-20-10-16(36-22-11-21(25(27,28)29)39(2)38-22)6-9-19(20)37-23(40)33-12-15-4-7-17(8-5-15)41-24-34-13-18(14-35-24)42-26(30,31)32/h4-11,13-14H,3,12H2,1-2H3,(H,33,37)(H,36,38). The maximum atomic E-state index is 13.1. The number of hydrogen-bond donors (Lipinski definition) is 2. The third kappa shape index (κ3) is 6.64. The number of ether oxygens (including phenoxy) is 2. The summed E-state index contributed by atoms with van der Waals surface area (Å²) in [5, 5.41) is 10.1. The second kappa shape index (κ2) is 11.1. The second-order valence-corrected chi connectivity index (χ2v) is 8.89. The number of nitrogens with one attached hydrogen (secondary N) is 2. The molecule has 0 spiro atoms. The fraction of sp³-hybridized carbons (Fsp3) is 0.231. The Morgan fingerprint density at radius 3 is 2.24 bits per heavy atom. The molecule has 220 valence electrons. The van der Waals surface area contributed by atoms with Crippen LogP contribution in [0.4, 0.5) is 43.8 Å². The smallest absolute Gasteiger partial charge is 0.424 e. The summed E-state index contributed by atoms with van der Waals surface area (Å²) < 4.78 is 88.1. The van der Waals surface area contributed by atoms with Crippen molar-refractivity contribution in [3.63, 3.8) is 0 Å². The third-order valence-electron chi connectivity index (χ3n) is 5.93. The summed E-state index contributed by atoms with van der Waals surface area (Å²) in [4.78, 5) is 12.0. The number of alkyl halides is 6. The number of anilines is 3. The Hall–Kier alpha value is -5.02. The van der Waals surface area contributed by atoms with Crippen molar-refractivity contribution >= 4 is 28.5 Å². The Bertz CT molecular complexity index is 1680. The molecule has 0 aliphatic rings. The van der Waals surface area contributed by atoms with Crippen LogP contribution in [-0.4, -0.2) is 35.7 Å². The second-order valence-electron chi connectivity index (χ2n) is 8.89. The van der Waals surface area contributed by atoms with Crippen LogP contribution in [0.5, 0.6) is 17.5 Å². The lowest BCUT2D eigenvalue weighted by Crippen LogP contribution is -2.17. The van der Waals surface area contributed by atoms with Crippen LogP contribution >= 0.6 is 0 Å². The summed E-state index contributed by atoms with van der Waals surface area (Å²) in [7, 11) is 1.23. The number of rotatable bonds is 9. The van der Waals surface area contributed by atoms with Gasteiger partial charge in [0.15, 0.2) is 11.6 Å². The maximum Gasteiger partial charge on any atom is 0.573 e. The SMILES string of the molecule is CCn1c(NCc2ccc(Oc3ncc(OC(F)(F)F)cn3)cc2)nc2ccc(Nc3cc(C(F)(F)F)n(C)n3)cc21. The number of aromatic nitrogens is 6. The minimum atomic E-state index is -4.84. The number of halogens is 6. The summed E-state index contributed by atoms with van der Waals surface area (Å²) in [6, 6.07) is 12.9. The van der Waals surface area contributed by atoms with Gasteiger partial charge in [0.05, 0.1) is 23.4 Å². The van der Waals surface area contributed by atoms with Crippen LogP contribution in [0.25, 0.3) is 11.0 Å². The van der Waals surface area contributed by atoms with Gasteiger partial charge in [0.1, 0.15) is 11.4 Å². The van der Waals surface area contributed by atoms with Crippen LogP contribution in [0.1, 0.15) is 18.2 Å². The van der Waals surface area contributed by atoms with E-state index in [1.165, 1.54) is 7.05 Å². The molecule has 0 saturated heterocycles. The van der Waals surface area contributed by atoms with E-state index in [1.54, 1.807) is 42.5 Å². The highest BCUT2D eigenvalue weighted by molar-refractivity contribution is 5.83. The zero-order valence-electron chi connectivity index (χ0n) is 22.0. The molecule has 2 N–H and O–H groups in total. The topological polar surface area (TPSA) is 104 Å². The molecule has 0 atom stereocenters. The van der Waals surface area contributed by atoms with Gasteiger partial charge in [-0.1, -0.05) is 12.1 Å². The van der Waals surface area contributed by atoms with Gasteiger partial charge in [-0.3, -0.25) is 4.68 Å². The van der Waals surface area contributed by atoms with E-state index in [-0.39, 0.29) is 11.8 Å². The van der Waals surface area contributed by atoms with Crippen LogP contribution in [0.3, 0.4) is 0 Å². The maximum absolute atomic E-state index is 13.1. The largest absolute Gasteiger partial charge is 0.573 e. The van der Waals surface area contributed by atoms with Crippen molar-refractivity contribution in [1.82, 2.24) is 29.3 Å². The highest BCUT2D eigenvalue weighted by atomic mass is 19.4. The molecule has 42 heavy (non-hydrogen) atoms. The Balaban J connectivity index is 1.23. The Morgan fingerprint density at radius 1 is 0.905 bits per heavy atom. The minimum absolute atomic E-state index is 0.0663. The van der Waals surface area contributed by atoms with E-state index in [2.05, 4.69) is 35.4 Å². The monoisotopic (exact) mass is 592 g/mol. The Labute approximate surface area is 233 Å². The first kappa shape index (κ1) is 28.5. The lowest BCUT2D eigenvalue weighted by atomic mass is 10.2. The molecule has 0 unspecified atom stereocenters. The van der Waals surface area contributed by atoms with Gasteiger partial charge < -0.3 is 24.7 Å². The van der Waals surface area contributed by atoms with Gasteiger partial charge >= 0.3 is 18.5 Å². The molecule has 16 heteroatoms. The molecule has 5 aromatic rings. The van der Waals surface area contributed by atoms with E-state index in [0.29, 0.717) is 36.0 Å². The quantitative estimate of drug-likeness (QED) is 0.184. The fourth-order valence-electron chi connectivity index (χ4n) is 4.10. The van der Waals surface area contributed by atoms with Crippen LogP contribution in [-0.2, 0) is 26.3 Å². The van der Waals surface area contributed by atoms with E-state index >= 15 is 0 Å². The minimum Gasteiger partial charge on any atom is -0.424 e. The van der Waals surface area contributed by atoms with Gasteiger partial charge in [0.2, 0.25) is 5.95 Å². The average molecular weight is 593 g/mol. The Kier molecular flexibility index (Phi) is 7.53. The predicted octanol–water partition coefficient (Wildman–Crippen LogP) is 6.65. The van der Waals surface area contributed by atoms with E-state index in [0.717, 1.165) is 34.2 Å². The summed E-state index contributed by atoms with van der Waals surface area (Å²) >= 11 is 0. The van der Waals surface area contributed by atoms with Crippen LogP contribution < -0.4 is 20.1 Å². The van der Waals surface area contributed by atoms with Crippen LogP contribution in [0.2, 0.25) is 0 Å². The molecular formula is C26H22F6N8O2. The molecule has 0 aliphatic heterocycles. The van der Waals surface area contributed by atoms with Crippen molar-refractivity contribution in [3.05, 3.63) is 72.2 Å². The van der Waals surface area contributed by atoms with Gasteiger partial charge in [0, 0.05) is 31.9 Å². The molecule has 0 radical (unpaired) electrons. The van der Waals surface area contributed by atoms with E-state index < -0.39 is 24.0 Å². The lowest BCUT2D eigenvalue weighted by molar-refractivity contribution is -0.274. The van der Waals surface area contributed by atoms with Crippen molar-refractivity contribution in [2.24, 2.45) is 7.05 Å². The number of benzene rings is 2. The number of imidazole rings is 1.